The lowest BCUT2D eigenvalue weighted by atomic mass is 9.87. The van der Waals surface area contributed by atoms with Crippen molar-refractivity contribution in [2.45, 2.75) is 124 Å². The van der Waals surface area contributed by atoms with Crippen molar-refractivity contribution in [2.75, 3.05) is 11.9 Å². The van der Waals surface area contributed by atoms with Crippen LogP contribution in [0.15, 0.2) is 54.2 Å². The number of hydrogen-bond donors (Lipinski definition) is 1. The molecule has 4 nitrogen and oxygen atoms in total. The number of amides is 1. The molecular formula is C36H53BrN2O2S. The van der Waals surface area contributed by atoms with Crippen molar-refractivity contribution in [3.8, 4) is 5.75 Å². The number of nitrogens with one attached hydrogen (secondary N) is 1. The normalized spacial score (nSPS) is 11.3. The van der Waals surface area contributed by atoms with Gasteiger partial charge in [-0.05, 0) is 48.6 Å². The van der Waals surface area contributed by atoms with Crippen LogP contribution in [-0.4, -0.2) is 12.5 Å². The molecule has 232 valence electrons. The summed E-state index contributed by atoms with van der Waals surface area (Å²) in [4.78, 5) is 14.4. The molecule has 0 atom stereocenters. The maximum Gasteiger partial charge on any atom is 0.255 e. The number of rotatable bonds is 18. The molecule has 0 saturated carbocycles. The minimum atomic E-state index is -0.116. The number of halogens is 1. The molecule has 0 aliphatic rings. The zero-order valence-corrected chi connectivity index (χ0v) is 29.0. The molecule has 2 aromatic carbocycles. The molecule has 1 heterocycles. The van der Waals surface area contributed by atoms with Crippen molar-refractivity contribution in [3.05, 3.63) is 75.7 Å². The Morgan fingerprint density at radius 3 is 2.00 bits per heavy atom. The number of anilines is 1. The topological polar surface area (TPSA) is 42.2 Å². The van der Waals surface area contributed by atoms with Crippen molar-refractivity contribution in [2.24, 2.45) is 0 Å². The molecule has 0 fully saturated rings. The summed E-state index contributed by atoms with van der Waals surface area (Å²) in [7, 11) is 0. The molecule has 1 aromatic heterocycles. The van der Waals surface area contributed by atoms with Gasteiger partial charge in [0.1, 0.15) is 5.75 Å². The fourth-order valence-electron chi connectivity index (χ4n) is 5.03. The van der Waals surface area contributed by atoms with Crippen LogP contribution in [0.3, 0.4) is 0 Å². The third-order valence-corrected chi connectivity index (χ3v) is 8.51. The number of hydrogen-bond acceptors (Lipinski definition) is 3. The fourth-order valence-corrected chi connectivity index (χ4v) is 5.66. The van der Waals surface area contributed by atoms with Gasteiger partial charge in [-0.2, -0.15) is 4.57 Å². The molecule has 0 aliphatic carbocycles. The van der Waals surface area contributed by atoms with Gasteiger partial charge in [-0.15, -0.1) is 0 Å². The van der Waals surface area contributed by atoms with Crippen molar-refractivity contribution in [3.63, 3.8) is 0 Å². The van der Waals surface area contributed by atoms with Crippen LogP contribution in [0, 0.1) is 6.92 Å². The van der Waals surface area contributed by atoms with Crippen LogP contribution in [0.1, 0.15) is 131 Å². The molecule has 3 rings (SSSR count). The van der Waals surface area contributed by atoms with Gasteiger partial charge in [0, 0.05) is 11.1 Å². The molecule has 3 aromatic rings. The van der Waals surface area contributed by atoms with Crippen LogP contribution >= 0.6 is 11.3 Å². The second-order valence-corrected chi connectivity index (χ2v) is 13.6. The first-order valence-corrected chi connectivity index (χ1v) is 16.8. The lowest BCUT2D eigenvalue weighted by Gasteiger charge is -2.22. The van der Waals surface area contributed by atoms with Gasteiger partial charge in [-0.1, -0.05) is 128 Å². The smallest absolute Gasteiger partial charge is 0.255 e. The van der Waals surface area contributed by atoms with E-state index in [0.717, 1.165) is 24.4 Å². The van der Waals surface area contributed by atoms with Gasteiger partial charge in [-0.3, -0.25) is 4.79 Å². The predicted octanol–water partition coefficient (Wildman–Crippen LogP) is 7.03. The van der Waals surface area contributed by atoms with Gasteiger partial charge < -0.3 is 27.0 Å². The molecule has 0 unspecified atom stereocenters. The van der Waals surface area contributed by atoms with Gasteiger partial charge in [0.05, 0.1) is 17.2 Å². The summed E-state index contributed by atoms with van der Waals surface area (Å²) in [5.41, 5.74) is 5.88. The van der Waals surface area contributed by atoms with E-state index in [9.17, 15) is 4.79 Å². The van der Waals surface area contributed by atoms with Gasteiger partial charge in [0.15, 0.2) is 12.7 Å². The Morgan fingerprint density at radius 2 is 1.45 bits per heavy atom. The number of benzene rings is 2. The number of ether oxygens (including phenoxy) is 1. The molecule has 6 heteroatoms. The highest BCUT2D eigenvalue weighted by molar-refractivity contribution is 7.09. The number of aryl methyl sites for hydroxylation is 1. The van der Waals surface area contributed by atoms with E-state index < -0.39 is 0 Å². The summed E-state index contributed by atoms with van der Waals surface area (Å²) in [6, 6.07) is 14.0. The van der Waals surface area contributed by atoms with Crippen LogP contribution in [0.4, 0.5) is 5.69 Å². The largest absolute Gasteiger partial charge is 1.00 e. The molecule has 0 aliphatic heterocycles. The molecular weight excluding hydrogens is 604 g/mol. The maximum absolute atomic E-state index is 13.1. The zero-order valence-electron chi connectivity index (χ0n) is 26.6. The predicted molar refractivity (Wildman–Crippen MR) is 174 cm³/mol. The molecule has 1 N–H and O–H groups in total. The quantitative estimate of drug-likeness (QED) is 0.118. The molecule has 42 heavy (non-hydrogen) atoms. The van der Waals surface area contributed by atoms with Crippen LogP contribution in [0.25, 0.3) is 0 Å². The third-order valence-electron chi connectivity index (χ3n) is 7.65. The number of carbonyl (C=O) groups excluding carboxylic acids is 1. The first kappa shape index (κ1) is 36.0. The molecule has 0 saturated heterocycles. The first-order chi connectivity index (χ1) is 19.8. The second-order valence-electron chi connectivity index (χ2n) is 12.5. The van der Waals surface area contributed by atoms with Gasteiger partial charge in [-0.25, -0.2) is 0 Å². The molecule has 1 amide bonds. The fraction of sp³-hybridized carbons (Fsp3) is 0.556. The molecule has 0 radical (unpaired) electrons. The van der Waals surface area contributed by atoms with Gasteiger partial charge in [0.25, 0.3) is 5.91 Å². The Labute approximate surface area is 270 Å². The first-order valence-electron chi connectivity index (χ1n) is 15.9. The standard InChI is InChI=1S/C36H52N2O2S.BrH/c1-6-7-8-9-10-11-12-13-14-15-16-17-24-40-34-25-32(36(3,4)5)22-23-33(34)37-35(39)31-20-18-30(19-21-31)27-38-26-29(2)41-28-38;/h18-23,25-26,28H,6-17,24,27H2,1-5H3;1H. The lowest BCUT2D eigenvalue weighted by molar-refractivity contribution is -0.683. The van der Waals surface area contributed by atoms with E-state index in [0.29, 0.717) is 12.2 Å². The summed E-state index contributed by atoms with van der Waals surface area (Å²) >= 11 is 1.74. The van der Waals surface area contributed by atoms with E-state index in [1.165, 1.54) is 86.6 Å². The Kier molecular flexibility index (Phi) is 16.4. The van der Waals surface area contributed by atoms with Gasteiger partial charge >= 0.3 is 0 Å². The minimum absolute atomic E-state index is 0. The van der Waals surface area contributed by atoms with Gasteiger partial charge in [0.2, 0.25) is 5.51 Å². The molecule has 0 bridgehead atoms. The summed E-state index contributed by atoms with van der Waals surface area (Å²) in [6.45, 7) is 12.5. The average molecular weight is 658 g/mol. The highest BCUT2D eigenvalue weighted by Crippen LogP contribution is 2.32. The van der Waals surface area contributed by atoms with Crippen molar-refractivity contribution < 1.29 is 31.1 Å². The summed E-state index contributed by atoms with van der Waals surface area (Å²) in [6.07, 6.45) is 18.0. The van der Waals surface area contributed by atoms with Crippen LogP contribution < -0.4 is 31.6 Å². The monoisotopic (exact) mass is 656 g/mol. The highest BCUT2D eigenvalue weighted by atomic mass is 79.9. The lowest BCUT2D eigenvalue weighted by Crippen LogP contribution is -3.00. The average Bonchev–Trinajstić information content (AvgIpc) is 3.36. The van der Waals surface area contributed by atoms with Crippen LogP contribution in [0.5, 0.6) is 5.75 Å². The Bertz CT molecular complexity index is 1180. The second kappa shape index (κ2) is 19.2. The van der Waals surface area contributed by atoms with E-state index in [4.69, 9.17) is 4.74 Å². The highest BCUT2D eigenvalue weighted by Gasteiger charge is 2.18. The number of carbonyl (C=O) groups is 1. The Hall–Kier alpha value is -2.18. The van der Waals surface area contributed by atoms with E-state index in [-0.39, 0.29) is 28.3 Å². The van der Waals surface area contributed by atoms with Crippen molar-refractivity contribution >= 4 is 22.9 Å². The van der Waals surface area contributed by atoms with Crippen molar-refractivity contribution in [1.82, 2.24) is 0 Å². The third kappa shape index (κ3) is 13.0. The molecule has 0 spiro atoms. The van der Waals surface area contributed by atoms with E-state index >= 15 is 0 Å². The van der Waals surface area contributed by atoms with E-state index in [1.54, 1.807) is 11.3 Å². The van der Waals surface area contributed by atoms with E-state index in [2.05, 4.69) is 68.3 Å². The zero-order chi connectivity index (χ0) is 29.5. The number of nitrogens with zero attached hydrogens (tertiary/aromatic N) is 1. The Morgan fingerprint density at radius 1 is 0.857 bits per heavy atom. The minimum Gasteiger partial charge on any atom is -1.00 e. The summed E-state index contributed by atoms with van der Waals surface area (Å²) in [5.74, 6) is 0.643. The summed E-state index contributed by atoms with van der Waals surface area (Å²) in [5, 5.41) is 3.11. The SMILES string of the molecule is CCCCCCCCCCCCCCOc1cc(C(C)(C)C)ccc1NC(=O)c1ccc(C[n+]2csc(C)c2)cc1.[Br-]. The van der Waals surface area contributed by atoms with Crippen molar-refractivity contribution in [1.29, 1.82) is 0 Å². The summed E-state index contributed by atoms with van der Waals surface area (Å²) < 4.78 is 8.45. The Balaban J connectivity index is 0.00000616. The number of thiazole rings is 1. The van der Waals surface area contributed by atoms with Crippen LogP contribution in [-0.2, 0) is 12.0 Å². The number of aromatic nitrogens is 1. The number of unbranched alkanes of at least 4 members (excludes halogenated alkanes) is 11. The van der Waals surface area contributed by atoms with E-state index in [1.807, 2.05) is 30.3 Å². The van der Waals surface area contributed by atoms with Crippen LogP contribution in [0.2, 0.25) is 0 Å². The maximum atomic E-state index is 13.1.